The zero-order valence-corrected chi connectivity index (χ0v) is 13.8. The quantitative estimate of drug-likeness (QED) is 0.808. The molecule has 1 atom stereocenters. The van der Waals surface area contributed by atoms with Crippen LogP contribution in [0.3, 0.4) is 0 Å². The number of nitrogens with one attached hydrogen (secondary N) is 1. The maximum absolute atomic E-state index is 12.3. The van der Waals surface area contributed by atoms with Crippen LogP contribution in [0.4, 0.5) is 5.69 Å². The van der Waals surface area contributed by atoms with Gasteiger partial charge in [0.2, 0.25) is 0 Å². The predicted octanol–water partition coefficient (Wildman–Crippen LogP) is 4.73. The van der Waals surface area contributed by atoms with E-state index in [0.29, 0.717) is 11.6 Å². The van der Waals surface area contributed by atoms with E-state index in [0.717, 1.165) is 16.1 Å². The van der Waals surface area contributed by atoms with Crippen LogP contribution in [0.15, 0.2) is 30.3 Å². The Labute approximate surface area is 133 Å². The summed E-state index contributed by atoms with van der Waals surface area (Å²) in [5.41, 5.74) is 1.80. The Bertz CT molecular complexity index is 622. The third-order valence-corrected chi connectivity index (χ3v) is 4.30. The molecular formula is C16H18ClNO2S. The van der Waals surface area contributed by atoms with Crippen LogP contribution in [0.2, 0.25) is 5.02 Å². The number of rotatable bonds is 5. The average molecular weight is 324 g/mol. The van der Waals surface area contributed by atoms with E-state index in [-0.39, 0.29) is 5.97 Å². The van der Waals surface area contributed by atoms with Gasteiger partial charge in [-0.05, 0) is 56.7 Å². The van der Waals surface area contributed by atoms with Crippen LogP contribution in [-0.2, 0) is 9.53 Å². The SMILES string of the molecule is CCOC(=O)C(Nc1ccc(Cl)cc1)c1cc(C)sc1C. The lowest BCUT2D eigenvalue weighted by Gasteiger charge is -2.18. The fraction of sp³-hybridized carbons (Fsp3) is 0.312. The van der Waals surface area contributed by atoms with Gasteiger partial charge in [-0.3, -0.25) is 0 Å². The largest absolute Gasteiger partial charge is 0.464 e. The molecule has 0 amide bonds. The van der Waals surface area contributed by atoms with Gasteiger partial charge in [-0.25, -0.2) is 4.79 Å². The Morgan fingerprint density at radius 2 is 2.00 bits per heavy atom. The normalized spacial score (nSPS) is 12.0. The Kier molecular flexibility index (Phi) is 5.26. The number of aryl methyl sites for hydroxylation is 2. The first-order valence-corrected chi connectivity index (χ1v) is 7.96. The monoisotopic (exact) mass is 323 g/mol. The minimum absolute atomic E-state index is 0.270. The van der Waals surface area contributed by atoms with E-state index >= 15 is 0 Å². The number of benzene rings is 1. The molecule has 2 rings (SSSR count). The number of thiophene rings is 1. The molecule has 1 heterocycles. The van der Waals surface area contributed by atoms with Crippen LogP contribution >= 0.6 is 22.9 Å². The van der Waals surface area contributed by atoms with E-state index in [4.69, 9.17) is 16.3 Å². The summed E-state index contributed by atoms with van der Waals surface area (Å²) in [5.74, 6) is -0.270. The zero-order chi connectivity index (χ0) is 15.4. The number of carbonyl (C=O) groups excluding carboxylic acids is 1. The Balaban J connectivity index is 2.30. The van der Waals surface area contributed by atoms with Crippen molar-refractivity contribution < 1.29 is 9.53 Å². The number of carbonyl (C=O) groups is 1. The number of hydrogen-bond acceptors (Lipinski definition) is 4. The van der Waals surface area contributed by atoms with Crippen molar-refractivity contribution in [3.63, 3.8) is 0 Å². The summed E-state index contributed by atoms with van der Waals surface area (Å²) in [7, 11) is 0. The summed E-state index contributed by atoms with van der Waals surface area (Å²) in [6.07, 6.45) is 0. The van der Waals surface area contributed by atoms with Crippen LogP contribution in [0.25, 0.3) is 0 Å². The van der Waals surface area contributed by atoms with Gasteiger partial charge >= 0.3 is 5.97 Å². The van der Waals surface area contributed by atoms with Crippen molar-refractivity contribution in [3.8, 4) is 0 Å². The topological polar surface area (TPSA) is 38.3 Å². The fourth-order valence-electron chi connectivity index (χ4n) is 2.14. The lowest BCUT2D eigenvalue weighted by Crippen LogP contribution is -2.23. The van der Waals surface area contributed by atoms with Crippen molar-refractivity contribution in [1.29, 1.82) is 0 Å². The first-order chi connectivity index (χ1) is 10.0. The standard InChI is InChI=1S/C16H18ClNO2S/c1-4-20-16(19)15(14-9-10(2)21-11(14)3)18-13-7-5-12(17)6-8-13/h5-9,15,18H,4H2,1-3H3. The molecule has 5 heteroatoms. The number of anilines is 1. The summed E-state index contributed by atoms with van der Waals surface area (Å²) in [5, 5.41) is 3.90. The molecule has 0 saturated carbocycles. The maximum atomic E-state index is 12.3. The smallest absolute Gasteiger partial charge is 0.333 e. The molecule has 1 N–H and O–H groups in total. The second-order valence-corrected chi connectivity index (χ2v) is 6.60. The van der Waals surface area contributed by atoms with Crippen LogP contribution in [0.5, 0.6) is 0 Å². The third-order valence-electron chi connectivity index (χ3n) is 3.07. The van der Waals surface area contributed by atoms with Gasteiger partial charge in [-0.15, -0.1) is 11.3 Å². The molecule has 1 aromatic carbocycles. The van der Waals surface area contributed by atoms with Gasteiger partial charge in [-0.1, -0.05) is 11.6 Å². The van der Waals surface area contributed by atoms with Gasteiger partial charge in [0.25, 0.3) is 0 Å². The highest BCUT2D eigenvalue weighted by atomic mass is 35.5. The van der Waals surface area contributed by atoms with Crippen LogP contribution in [-0.4, -0.2) is 12.6 Å². The van der Waals surface area contributed by atoms with Gasteiger partial charge in [0, 0.05) is 20.5 Å². The molecule has 3 nitrogen and oxygen atoms in total. The molecule has 1 unspecified atom stereocenters. The van der Waals surface area contributed by atoms with E-state index in [1.165, 1.54) is 4.88 Å². The predicted molar refractivity (Wildman–Crippen MR) is 88.2 cm³/mol. The van der Waals surface area contributed by atoms with Gasteiger partial charge in [-0.2, -0.15) is 0 Å². The molecule has 0 saturated heterocycles. The Morgan fingerprint density at radius 3 is 2.52 bits per heavy atom. The lowest BCUT2D eigenvalue weighted by molar-refractivity contribution is -0.144. The molecule has 1 aromatic heterocycles. The number of hydrogen-bond donors (Lipinski definition) is 1. The molecule has 0 spiro atoms. The number of halogens is 1. The van der Waals surface area contributed by atoms with Crippen molar-refractivity contribution in [1.82, 2.24) is 0 Å². The molecule has 0 aliphatic carbocycles. The van der Waals surface area contributed by atoms with E-state index in [1.807, 2.05) is 39.0 Å². The minimum Gasteiger partial charge on any atom is -0.464 e. The Hall–Kier alpha value is -1.52. The molecule has 0 aliphatic heterocycles. The second-order valence-electron chi connectivity index (χ2n) is 4.70. The molecule has 21 heavy (non-hydrogen) atoms. The minimum atomic E-state index is -0.504. The summed E-state index contributed by atoms with van der Waals surface area (Å²) in [6, 6.07) is 8.81. The second kappa shape index (κ2) is 6.96. The highest BCUT2D eigenvalue weighted by molar-refractivity contribution is 7.12. The van der Waals surface area contributed by atoms with Gasteiger partial charge in [0.15, 0.2) is 6.04 Å². The van der Waals surface area contributed by atoms with Gasteiger partial charge in [0.1, 0.15) is 0 Å². The maximum Gasteiger partial charge on any atom is 0.333 e. The summed E-state index contributed by atoms with van der Waals surface area (Å²) in [6.45, 7) is 6.22. The van der Waals surface area contributed by atoms with Crippen LogP contribution < -0.4 is 5.32 Å². The fourth-order valence-corrected chi connectivity index (χ4v) is 3.23. The third kappa shape index (κ3) is 3.99. The van der Waals surface area contributed by atoms with E-state index in [9.17, 15) is 4.79 Å². The molecule has 0 fully saturated rings. The number of ether oxygens (including phenoxy) is 1. The number of esters is 1. The summed E-state index contributed by atoms with van der Waals surface area (Å²) in [4.78, 5) is 14.6. The highest BCUT2D eigenvalue weighted by Crippen LogP contribution is 2.30. The van der Waals surface area contributed by atoms with E-state index < -0.39 is 6.04 Å². The molecule has 0 radical (unpaired) electrons. The molecule has 0 aliphatic rings. The van der Waals surface area contributed by atoms with Gasteiger partial charge in [0.05, 0.1) is 6.61 Å². The van der Waals surface area contributed by atoms with Crippen LogP contribution in [0, 0.1) is 13.8 Å². The summed E-state index contributed by atoms with van der Waals surface area (Å²) >= 11 is 7.57. The first-order valence-electron chi connectivity index (χ1n) is 6.77. The molecule has 112 valence electrons. The highest BCUT2D eigenvalue weighted by Gasteiger charge is 2.25. The average Bonchev–Trinajstić information content (AvgIpc) is 2.77. The first kappa shape index (κ1) is 15.9. The Morgan fingerprint density at radius 1 is 1.33 bits per heavy atom. The van der Waals surface area contributed by atoms with Crippen LogP contribution in [0.1, 0.15) is 28.3 Å². The van der Waals surface area contributed by atoms with Crippen molar-refractivity contribution in [2.45, 2.75) is 26.8 Å². The summed E-state index contributed by atoms with van der Waals surface area (Å²) < 4.78 is 5.20. The van der Waals surface area contributed by atoms with Crippen molar-refractivity contribution in [2.75, 3.05) is 11.9 Å². The van der Waals surface area contributed by atoms with Gasteiger partial charge < -0.3 is 10.1 Å². The molecule has 2 aromatic rings. The zero-order valence-electron chi connectivity index (χ0n) is 12.3. The van der Waals surface area contributed by atoms with E-state index in [2.05, 4.69) is 5.32 Å². The lowest BCUT2D eigenvalue weighted by atomic mass is 10.1. The van der Waals surface area contributed by atoms with E-state index in [1.54, 1.807) is 23.5 Å². The van der Waals surface area contributed by atoms with Crippen molar-refractivity contribution >= 4 is 34.6 Å². The van der Waals surface area contributed by atoms with Crippen molar-refractivity contribution in [3.05, 3.63) is 50.7 Å². The molecule has 0 bridgehead atoms. The molecular weight excluding hydrogens is 306 g/mol. The van der Waals surface area contributed by atoms with Crippen molar-refractivity contribution in [2.24, 2.45) is 0 Å².